The molecule has 2 aromatic rings. The topological polar surface area (TPSA) is 68.0 Å². The van der Waals surface area contributed by atoms with E-state index >= 15 is 0 Å². The van der Waals surface area contributed by atoms with E-state index in [1.54, 1.807) is 6.20 Å². The van der Waals surface area contributed by atoms with Gasteiger partial charge >= 0.3 is 0 Å². The molecule has 4 heteroatoms. The largest absolute Gasteiger partial charge is 0.352 e. The third-order valence-electron chi connectivity index (χ3n) is 4.58. The first-order valence-corrected chi connectivity index (χ1v) is 7.52. The van der Waals surface area contributed by atoms with Crippen LogP contribution in [-0.2, 0) is 11.3 Å². The Morgan fingerprint density at radius 1 is 1.29 bits per heavy atom. The van der Waals surface area contributed by atoms with Crippen molar-refractivity contribution >= 4 is 16.8 Å². The van der Waals surface area contributed by atoms with Crippen LogP contribution in [0.5, 0.6) is 0 Å². The van der Waals surface area contributed by atoms with E-state index in [4.69, 9.17) is 5.73 Å². The van der Waals surface area contributed by atoms with Crippen molar-refractivity contribution in [2.75, 3.05) is 6.54 Å². The number of nitrogens with one attached hydrogen (secondary N) is 1. The Balaban J connectivity index is 1.65. The molecule has 0 aliphatic heterocycles. The number of carbonyl (C=O) groups excluding carboxylic acids is 1. The molecular weight excluding hydrogens is 262 g/mol. The van der Waals surface area contributed by atoms with E-state index in [-0.39, 0.29) is 11.3 Å². The van der Waals surface area contributed by atoms with Gasteiger partial charge in [0.15, 0.2) is 0 Å². The number of benzene rings is 1. The molecule has 3 rings (SSSR count). The molecule has 1 saturated carbocycles. The smallest absolute Gasteiger partial charge is 0.220 e. The van der Waals surface area contributed by atoms with Crippen molar-refractivity contribution < 1.29 is 4.79 Å². The molecule has 0 saturated heterocycles. The lowest BCUT2D eigenvalue weighted by atomic mass is 9.66. The summed E-state index contributed by atoms with van der Waals surface area (Å²) in [6.45, 7) is 1.13. The first-order chi connectivity index (χ1) is 10.2. The number of aromatic nitrogens is 1. The number of pyridine rings is 1. The summed E-state index contributed by atoms with van der Waals surface area (Å²) >= 11 is 0. The Labute approximate surface area is 124 Å². The van der Waals surface area contributed by atoms with E-state index in [1.807, 2.05) is 30.3 Å². The number of hydrogen-bond donors (Lipinski definition) is 2. The molecule has 0 radical (unpaired) electrons. The van der Waals surface area contributed by atoms with Gasteiger partial charge in [-0.1, -0.05) is 30.7 Å². The minimum Gasteiger partial charge on any atom is -0.352 e. The SMILES string of the molecule is NCC1(CC(=O)NCc2cccc3cccnc23)CCC1. The summed E-state index contributed by atoms with van der Waals surface area (Å²) in [7, 11) is 0. The molecule has 1 fully saturated rings. The number of fused-ring (bicyclic) bond motifs is 1. The predicted octanol–water partition coefficient (Wildman–Crippen LogP) is 2.37. The third-order valence-corrected chi connectivity index (χ3v) is 4.58. The number of nitrogens with two attached hydrogens (primary N) is 1. The number of rotatable bonds is 5. The quantitative estimate of drug-likeness (QED) is 0.885. The monoisotopic (exact) mass is 283 g/mol. The summed E-state index contributed by atoms with van der Waals surface area (Å²) in [5.74, 6) is 0.0908. The average Bonchev–Trinajstić information content (AvgIpc) is 2.49. The highest BCUT2D eigenvalue weighted by Gasteiger charge is 2.37. The Morgan fingerprint density at radius 3 is 2.81 bits per heavy atom. The number of nitrogens with zero attached hydrogens (tertiary/aromatic N) is 1. The van der Waals surface area contributed by atoms with Gasteiger partial charge < -0.3 is 11.1 Å². The molecule has 1 heterocycles. The molecule has 3 N–H and O–H groups in total. The molecule has 1 aliphatic carbocycles. The molecule has 1 aromatic carbocycles. The zero-order valence-corrected chi connectivity index (χ0v) is 12.1. The summed E-state index contributed by atoms with van der Waals surface area (Å²) < 4.78 is 0. The van der Waals surface area contributed by atoms with E-state index in [0.29, 0.717) is 19.5 Å². The van der Waals surface area contributed by atoms with Gasteiger partial charge in [-0.05, 0) is 36.4 Å². The average molecular weight is 283 g/mol. The molecule has 4 nitrogen and oxygen atoms in total. The summed E-state index contributed by atoms with van der Waals surface area (Å²) in [4.78, 5) is 16.5. The van der Waals surface area contributed by atoms with Gasteiger partial charge in [0.25, 0.3) is 0 Å². The van der Waals surface area contributed by atoms with Gasteiger partial charge in [0.2, 0.25) is 5.91 Å². The predicted molar refractivity (Wildman–Crippen MR) is 83.5 cm³/mol. The van der Waals surface area contributed by atoms with Crippen molar-refractivity contribution in [2.24, 2.45) is 11.1 Å². The molecule has 1 amide bonds. The third kappa shape index (κ3) is 2.90. The van der Waals surface area contributed by atoms with Crippen LogP contribution in [0.3, 0.4) is 0 Å². The first-order valence-electron chi connectivity index (χ1n) is 7.52. The van der Waals surface area contributed by atoms with Crippen LogP contribution < -0.4 is 11.1 Å². The van der Waals surface area contributed by atoms with Gasteiger partial charge in [-0.25, -0.2) is 0 Å². The zero-order valence-electron chi connectivity index (χ0n) is 12.1. The summed E-state index contributed by atoms with van der Waals surface area (Å²) in [5.41, 5.74) is 7.87. The van der Waals surface area contributed by atoms with Crippen molar-refractivity contribution in [1.82, 2.24) is 10.3 Å². The Hall–Kier alpha value is -1.94. The van der Waals surface area contributed by atoms with Gasteiger partial charge in [-0.15, -0.1) is 0 Å². The van der Waals surface area contributed by atoms with Crippen molar-refractivity contribution in [3.05, 3.63) is 42.1 Å². The van der Waals surface area contributed by atoms with E-state index in [1.165, 1.54) is 6.42 Å². The van der Waals surface area contributed by atoms with Crippen molar-refractivity contribution in [3.63, 3.8) is 0 Å². The highest BCUT2D eigenvalue weighted by Crippen LogP contribution is 2.42. The molecule has 0 unspecified atom stereocenters. The van der Waals surface area contributed by atoms with Crippen LogP contribution in [0, 0.1) is 5.41 Å². The second-order valence-corrected chi connectivity index (χ2v) is 6.00. The van der Waals surface area contributed by atoms with E-state index in [2.05, 4.69) is 10.3 Å². The minimum absolute atomic E-state index is 0.0566. The fourth-order valence-electron chi connectivity index (χ4n) is 3.04. The fourth-order valence-corrected chi connectivity index (χ4v) is 3.04. The van der Waals surface area contributed by atoms with Crippen molar-refractivity contribution in [1.29, 1.82) is 0 Å². The first kappa shape index (κ1) is 14.0. The number of carbonyl (C=O) groups is 1. The highest BCUT2D eigenvalue weighted by molar-refractivity contribution is 5.82. The number of amides is 1. The molecule has 1 aromatic heterocycles. The minimum atomic E-state index is 0.0566. The lowest BCUT2D eigenvalue weighted by molar-refractivity contribution is -0.124. The van der Waals surface area contributed by atoms with Crippen LogP contribution in [0.4, 0.5) is 0 Å². The van der Waals surface area contributed by atoms with Gasteiger partial charge in [0.05, 0.1) is 5.52 Å². The Morgan fingerprint density at radius 2 is 2.10 bits per heavy atom. The van der Waals surface area contributed by atoms with Crippen LogP contribution in [0.1, 0.15) is 31.2 Å². The molecule has 0 atom stereocenters. The summed E-state index contributed by atoms with van der Waals surface area (Å²) in [5, 5.41) is 4.11. The number of para-hydroxylation sites is 1. The maximum atomic E-state index is 12.1. The number of hydrogen-bond acceptors (Lipinski definition) is 3. The summed E-state index contributed by atoms with van der Waals surface area (Å²) in [6, 6.07) is 10.00. The maximum Gasteiger partial charge on any atom is 0.220 e. The van der Waals surface area contributed by atoms with Crippen LogP contribution in [-0.4, -0.2) is 17.4 Å². The van der Waals surface area contributed by atoms with Crippen LogP contribution in [0.15, 0.2) is 36.5 Å². The van der Waals surface area contributed by atoms with Gasteiger partial charge in [-0.3, -0.25) is 9.78 Å². The standard InChI is InChI=1S/C17H21N3O/c18-12-17(7-3-8-17)10-15(21)20-11-14-5-1-4-13-6-2-9-19-16(13)14/h1-2,4-6,9H,3,7-8,10-12,18H2,(H,20,21). The highest BCUT2D eigenvalue weighted by atomic mass is 16.1. The van der Waals surface area contributed by atoms with E-state index in [9.17, 15) is 4.79 Å². The van der Waals surface area contributed by atoms with Gasteiger partial charge in [0, 0.05) is 24.5 Å². The van der Waals surface area contributed by atoms with Gasteiger partial charge in [0.1, 0.15) is 0 Å². The maximum absolute atomic E-state index is 12.1. The zero-order chi connectivity index (χ0) is 14.7. The molecular formula is C17H21N3O. The molecule has 0 bridgehead atoms. The molecule has 1 aliphatic rings. The Bertz CT molecular complexity index is 639. The van der Waals surface area contributed by atoms with Crippen LogP contribution >= 0.6 is 0 Å². The lowest BCUT2D eigenvalue weighted by Crippen LogP contribution is -2.41. The Kier molecular flexibility index (Phi) is 3.88. The normalized spacial score (nSPS) is 16.4. The molecule has 21 heavy (non-hydrogen) atoms. The second-order valence-electron chi connectivity index (χ2n) is 6.00. The fraction of sp³-hybridized carbons (Fsp3) is 0.412. The molecule has 110 valence electrons. The van der Waals surface area contributed by atoms with Crippen LogP contribution in [0.25, 0.3) is 10.9 Å². The van der Waals surface area contributed by atoms with Crippen molar-refractivity contribution in [2.45, 2.75) is 32.2 Å². The van der Waals surface area contributed by atoms with E-state index < -0.39 is 0 Å². The second kappa shape index (κ2) is 5.82. The lowest BCUT2D eigenvalue weighted by Gasteiger charge is -2.40. The van der Waals surface area contributed by atoms with Crippen molar-refractivity contribution in [3.8, 4) is 0 Å². The summed E-state index contributed by atoms with van der Waals surface area (Å²) in [6.07, 6.45) is 5.67. The van der Waals surface area contributed by atoms with Gasteiger partial charge in [-0.2, -0.15) is 0 Å². The molecule has 0 spiro atoms. The van der Waals surface area contributed by atoms with Crippen LogP contribution in [0.2, 0.25) is 0 Å². The van der Waals surface area contributed by atoms with E-state index in [0.717, 1.165) is 29.3 Å².